The maximum atomic E-state index is 9.93. The average Bonchev–Trinajstić information content (AvgIpc) is 3.28. The Labute approximate surface area is 159 Å². The molecule has 0 saturated heterocycles. The highest BCUT2D eigenvalue weighted by atomic mass is 32.2. The second-order valence-electron chi connectivity index (χ2n) is 8.76. The number of fused-ring (bicyclic) bond motifs is 1. The summed E-state index contributed by atoms with van der Waals surface area (Å²) in [6, 6.07) is 6.20. The van der Waals surface area contributed by atoms with Crippen LogP contribution in [0.15, 0.2) is 18.2 Å². The molecule has 1 nitrogen and oxygen atoms in total. The number of thioether (sulfide) groups is 1. The lowest BCUT2D eigenvalue weighted by Crippen LogP contribution is -2.27. The van der Waals surface area contributed by atoms with Crippen molar-refractivity contribution in [3.05, 3.63) is 29.3 Å². The molecule has 0 bridgehead atoms. The van der Waals surface area contributed by atoms with Gasteiger partial charge in [-0.15, -0.1) is 0 Å². The Morgan fingerprint density at radius 3 is 2.76 bits per heavy atom. The summed E-state index contributed by atoms with van der Waals surface area (Å²) in [6.45, 7) is 9.36. The number of phenolic OH excluding ortho intramolecular Hbond substituents is 1. The first-order valence-electron chi connectivity index (χ1n) is 10.4. The van der Waals surface area contributed by atoms with E-state index in [0.29, 0.717) is 17.1 Å². The van der Waals surface area contributed by atoms with Gasteiger partial charge in [0.05, 0.1) is 0 Å². The zero-order valence-corrected chi connectivity index (χ0v) is 17.4. The first kappa shape index (κ1) is 19.1. The molecule has 0 amide bonds. The normalized spacial score (nSPS) is 29.0. The van der Waals surface area contributed by atoms with E-state index in [-0.39, 0.29) is 0 Å². The first-order valence-corrected chi connectivity index (χ1v) is 11.5. The largest absolute Gasteiger partial charge is 0.508 e. The van der Waals surface area contributed by atoms with E-state index in [0.717, 1.165) is 23.5 Å². The van der Waals surface area contributed by atoms with E-state index in [9.17, 15) is 5.11 Å². The minimum absolute atomic E-state index is 0.440. The fourth-order valence-electron chi connectivity index (χ4n) is 5.27. The second kappa shape index (κ2) is 7.94. The van der Waals surface area contributed by atoms with Crippen molar-refractivity contribution >= 4 is 11.8 Å². The topological polar surface area (TPSA) is 20.2 Å². The van der Waals surface area contributed by atoms with Gasteiger partial charge in [0.2, 0.25) is 0 Å². The van der Waals surface area contributed by atoms with E-state index in [4.69, 9.17) is 0 Å². The van der Waals surface area contributed by atoms with Crippen LogP contribution in [0.5, 0.6) is 5.75 Å². The zero-order valence-electron chi connectivity index (χ0n) is 16.6. The molecule has 1 saturated carbocycles. The maximum Gasteiger partial charge on any atom is 0.115 e. The van der Waals surface area contributed by atoms with Crippen molar-refractivity contribution in [2.45, 2.75) is 83.8 Å². The van der Waals surface area contributed by atoms with Crippen LogP contribution in [-0.4, -0.2) is 16.1 Å². The smallest absolute Gasteiger partial charge is 0.115 e. The average molecular weight is 361 g/mol. The van der Waals surface area contributed by atoms with Gasteiger partial charge in [-0.1, -0.05) is 40.2 Å². The molecule has 2 aliphatic carbocycles. The van der Waals surface area contributed by atoms with Crippen molar-refractivity contribution in [1.29, 1.82) is 0 Å². The van der Waals surface area contributed by atoms with Gasteiger partial charge in [0.25, 0.3) is 0 Å². The number of hydrogen-bond donors (Lipinski definition) is 1. The van der Waals surface area contributed by atoms with Crippen LogP contribution in [0.4, 0.5) is 0 Å². The van der Waals surface area contributed by atoms with Gasteiger partial charge in [-0.05, 0) is 90.7 Å². The summed E-state index contributed by atoms with van der Waals surface area (Å²) in [5.41, 5.74) is 3.55. The molecule has 0 unspecified atom stereocenters. The van der Waals surface area contributed by atoms with Crippen LogP contribution < -0.4 is 0 Å². The lowest BCUT2D eigenvalue weighted by Gasteiger charge is -2.37. The van der Waals surface area contributed by atoms with E-state index in [1.54, 1.807) is 5.56 Å². The summed E-state index contributed by atoms with van der Waals surface area (Å²) in [5.74, 6) is 4.12. The minimum Gasteiger partial charge on any atom is -0.508 e. The molecule has 2 heteroatoms. The van der Waals surface area contributed by atoms with Gasteiger partial charge in [-0.25, -0.2) is 0 Å². The molecular weight excluding hydrogens is 324 g/mol. The van der Waals surface area contributed by atoms with Crippen molar-refractivity contribution in [2.24, 2.45) is 17.3 Å². The van der Waals surface area contributed by atoms with Crippen molar-refractivity contribution in [3.8, 4) is 5.75 Å². The molecule has 0 heterocycles. The van der Waals surface area contributed by atoms with E-state index in [1.165, 1.54) is 49.8 Å². The minimum atomic E-state index is 0.440. The Hall–Kier alpha value is -0.630. The fourth-order valence-corrected chi connectivity index (χ4v) is 6.31. The highest BCUT2D eigenvalue weighted by Crippen LogP contribution is 2.69. The monoisotopic (exact) mass is 360 g/mol. The van der Waals surface area contributed by atoms with E-state index < -0.39 is 0 Å². The van der Waals surface area contributed by atoms with E-state index in [2.05, 4.69) is 45.5 Å². The molecule has 2 aliphatic rings. The quantitative estimate of drug-likeness (QED) is 0.551. The predicted molar refractivity (Wildman–Crippen MR) is 111 cm³/mol. The summed E-state index contributed by atoms with van der Waals surface area (Å²) >= 11 is 2.15. The van der Waals surface area contributed by atoms with Gasteiger partial charge in [0.15, 0.2) is 0 Å². The molecule has 3 rings (SSSR count). The third kappa shape index (κ3) is 4.04. The number of aromatic hydroxyl groups is 1. The molecular formula is C23H36OS. The van der Waals surface area contributed by atoms with Crippen LogP contribution in [0.25, 0.3) is 0 Å². The molecule has 0 radical (unpaired) electrons. The summed E-state index contributed by atoms with van der Waals surface area (Å²) in [7, 11) is 0. The molecule has 1 N–H and O–H groups in total. The van der Waals surface area contributed by atoms with Gasteiger partial charge in [-0.2, -0.15) is 11.8 Å². The molecule has 1 aromatic carbocycles. The lowest BCUT2D eigenvalue weighted by molar-refractivity contribution is 0.286. The van der Waals surface area contributed by atoms with Gasteiger partial charge < -0.3 is 5.11 Å². The SMILES string of the molecule is CCS[C@H](CC)C[C@@H]1c2ccc(O)cc2CC[C@]12C[C@@H]2CCC(C)C. The Kier molecular flexibility index (Phi) is 6.08. The van der Waals surface area contributed by atoms with Crippen LogP contribution in [0.2, 0.25) is 0 Å². The second-order valence-corrected chi connectivity index (χ2v) is 10.3. The Morgan fingerprint density at radius 1 is 1.28 bits per heavy atom. The number of benzene rings is 1. The third-order valence-electron chi connectivity index (χ3n) is 6.78. The molecule has 0 aromatic heterocycles. The van der Waals surface area contributed by atoms with E-state index >= 15 is 0 Å². The van der Waals surface area contributed by atoms with Gasteiger partial charge in [0, 0.05) is 5.25 Å². The molecule has 1 aromatic rings. The third-order valence-corrected chi connectivity index (χ3v) is 8.11. The molecule has 1 fully saturated rings. The van der Waals surface area contributed by atoms with Crippen LogP contribution in [0, 0.1) is 17.3 Å². The highest BCUT2D eigenvalue weighted by Gasteiger charge is 2.59. The fraction of sp³-hybridized carbons (Fsp3) is 0.739. The Balaban J connectivity index is 1.84. The number of rotatable bonds is 8. The van der Waals surface area contributed by atoms with E-state index in [1.807, 2.05) is 12.1 Å². The molecule has 140 valence electrons. The van der Waals surface area contributed by atoms with Crippen LogP contribution in [0.3, 0.4) is 0 Å². The Morgan fingerprint density at radius 2 is 2.08 bits per heavy atom. The predicted octanol–water partition coefficient (Wildman–Crippen LogP) is 6.79. The number of hydrogen-bond acceptors (Lipinski definition) is 2. The highest BCUT2D eigenvalue weighted by molar-refractivity contribution is 7.99. The van der Waals surface area contributed by atoms with Gasteiger partial charge >= 0.3 is 0 Å². The van der Waals surface area contributed by atoms with Crippen molar-refractivity contribution in [2.75, 3.05) is 5.75 Å². The van der Waals surface area contributed by atoms with Crippen molar-refractivity contribution in [1.82, 2.24) is 0 Å². The van der Waals surface area contributed by atoms with Crippen molar-refractivity contribution in [3.63, 3.8) is 0 Å². The molecule has 25 heavy (non-hydrogen) atoms. The summed E-state index contributed by atoms with van der Waals surface area (Å²) < 4.78 is 0. The van der Waals surface area contributed by atoms with Crippen LogP contribution in [-0.2, 0) is 6.42 Å². The molecule has 4 atom stereocenters. The summed E-state index contributed by atoms with van der Waals surface area (Å²) in [6.07, 6.45) is 9.33. The summed E-state index contributed by atoms with van der Waals surface area (Å²) in [5, 5.41) is 10.7. The molecule has 0 aliphatic heterocycles. The van der Waals surface area contributed by atoms with Gasteiger partial charge in [-0.3, -0.25) is 0 Å². The lowest BCUT2D eigenvalue weighted by atomic mass is 9.69. The Bertz CT molecular complexity index is 581. The summed E-state index contributed by atoms with van der Waals surface area (Å²) in [4.78, 5) is 0. The number of aryl methyl sites for hydroxylation is 1. The molecule has 1 spiro atoms. The van der Waals surface area contributed by atoms with Crippen LogP contribution >= 0.6 is 11.8 Å². The van der Waals surface area contributed by atoms with Crippen molar-refractivity contribution < 1.29 is 5.11 Å². The number of phenols is 1. The van der Waals surface area contributed by atoms with Gasteiger partial charge in [0.1, 0.15) is 5.75 Å². The first-order chi connectivity index (χ1) is 12.0. The maximum absolute atomic E-state index is 9.93. The standard InChI is InChI=1S/C23H36OS/c1-5-20(25-6-2)14-22-21-10-9-19(24)13-17(21)11-12-23(22)15-18(23)8-7-16(3)4/h9-10,13,16,18,20,22,24H,5-8,11-12,14-15H2,1-4H3/t18-,20+,22+,23+/m0/s1. The van der Waals surface area contributed by atoms with Crippen LogP contribution in [0.1, 0.15) is 83.3 Å². The zero-order chi connectivity index (χ0) is 18.0.